The van der Waals surface area contributed by atoms with Gasteiger partial charge in [-0.15, -0.1) is 0 Å². The molecule has 1 atom stereocenters. The number of methoxy groups -OCH3 is 1. The summed E-state index contributed by atoms with van der Waals surface area (Å²) in [5.74, 6) is 1.24. The number of pyridine rings is 1. The predicted molar refractivity (Wildman–Crippen MR) is 112 cm³/mol. The molecular weight excluding hydrogens is 350 g/mol. The Bertz CT molecular complexity index is 946. The van der Waals surface area contributed by atoms with Gasteiger partial charge in [0.15, 0.2) is 0 Å². The third-order valence-electron chi connectivity index (χ3n) is 5.00. The maximum atomic E-state index is 12.7. The van der Waals surface area contributed by atoms with E-state index < -0.39 is 0 Å². The Hall–Kier alpha value is -2.82. The van der Waals surface area contributed by atoms with Crippen molar-refractivity contribution in [3.05, 3.63) is 65.6 Å². The Balaban J connectivity index is 1.96. The van der Waals surface area contributed by atoms with Gasteiger partial charge in [0.1, 0.15) is 11.4 Å². The van der Waals surface area contributed by atoms with Gasteiger partial charge in [-0.1, -0.05) is 32.0 Å². The largest absolute Gasteiger partial charge is 0.496 e. The van der Waals surface area contributed by atoms with E-state index in [1.807, 2.05) is 49.6 Å². The summed E-state index contributed by atoms with van der Waals surface area (Å²) in [5, 5.41) is 3.06. The number of imidazole rings is 1. The van der Waals surface area contributed by atoms with E-state index >= 15 is 0 Å². The van der Waals surface area contributed by atoms with Crippen molar-refractivity contribution in [1.82, 2.24) is 14.7 Å². The lowest BCUT2D eigenvalue weighted by Crippen LogP contribution is -2.27. The summed E-state index contributed by atoms with van der Waals surface area (Å²) in [6, 6.07) is 12.0. The molecule has 0 fully saturated rings. The molecule has 0 saturated carbocycles. The van der Waals surface area contributed by atoms with Crippen molar-refractivity contribution in [2.45, 2.75) is 39.5 Å². The quantitative estimate of drug-likeness (QED) is 0.634. The lowest BCUT2D eigenvalue weighted by molar-refractivity contribution is -0.121. The number of amides is 1. The van der Waals surface area contributed by atoms with Crippen LogP contribution >= 0.6 is 0 Å². The highest BCUT2D eigenvalue weighted by molar-refractivity contribution is 5.77. The molecule has 1 N–H and O–H groups in total. The van der Waals surface area contributed by atoms with Gasteiger partial charge in [-0.3, -0.25) is 4.79 Å². The predicted octanol–water partition coefficient (Wildman–Crippen LogP) is 4.34. The van der Waals surface area contributed by atoms with Crippen LogP contribution in [0.5, 0.6) is 5.75 Å². The van der Waals surface area contributed by atoms with Crippen molar-refractivity contribution < 1.29 is 9.53 Å². The number of aryl methyl sites for hydroxylation is 1. The summed E-state index contributed by atoms with van der Waals surface area (Å²) in [7, 11) is 1.66. The molecule has 1 unspecified atom stereocenters. The number of ether oxygens (including phenoxy) is 1. The van der Waals surface area contributed by atoms with Gasteiger partial charge in [-0.2, -0.15) is 0 Å². The summed E-state index contributed by atoms with van der Waals surface area (Å²) in [6.45, 7) is 7.06. The van der Waals surface area contributed by atoms with Crippen molar-refractivity contribution in [1.29, 1.82) is 0 Å². The minimum absolute atomic E-state index is 0.0404. The topological polar surface area (TPSA) is 55.6 Å². The van der Waals surface area contributed by atoms with Gasteiger partial charge in [-0.05, 0) is 43.0 Å². The van der Waals surface area contributed by atoms with E-state index in [1.54, 1.807) is 7.11 Å². The third kappa shape index (κ3) is 4.53. The monoisotopic (exact) mass is 379 g/mol. The van der Waals surface area contributed by atoms with E-state index in [0.29, 0.717) is 18.9 Å². The highest BCUT2D eigenvalue weighted by Gasteiger charge is 2.24. The summed E-state index contributed by atoms with van der Waals surface area (Å²) < 4.78 is 7.65. The molecule has 2 aromatic heterocycles. The van der Waals surface area contributed by atoms with Crippen molar-refractivity contribution in [2.24, 2.45) is 5.92 Å². The second-order valence-electron chi connectivity index (χ2n) is 7.65. The Morgan fingerprint density at radius 3 is 2.79 bits per heavy atom. The van der Waals surface area contributed by atoms with Gasteiger partial charge in [0.2, 0.25) is 5.91 Å². The molecule has 3 aromatic rings. The molecule has 0 aliphatic carbocycles. The molecule has 28 heavy (non-hydrogen) atoms. The Labute approximate surface area is 166 Å². The zero-order chi connectivity index (χ0) is 20.1. The normalized spacial score (nSPS) is 12.3. The van der Waals surface area contributed by atoms with Crippen molar-refractivity contribution in [3.8, 4) is 5.75 Å². The molecular formula is C23H29N3O2. The molecule has 0 aliphatic heterocycles. The first kappa shape index (κ1) is 19.9. The minimum Gasteiger partial charge on any atom is -0.496 e. The lowest BCUT2D eigenvalue weighted by atomic mass is 9.91. The van der Waals surface area contributed by atoms with Crippen LogP contribution in [0.1, 0.15) is 49.4 Å². The second kappa shape index (κ2) is 8.91. The first-order valence-electron chi connectivity index (χ1n) is 9.82. The molecule has 1 aromatic carbocycles. The molecule has 5 heteroatoms. The number of hydrogen-bond donors (Lipinski definition) is 1. The van der Waals surface area contributed by atoms with Crippen LogP contribution in [0, 0.1) is 12.8 Å². The highest BCUT2D eigenvalue weighted by Crippen LogP contribution is 2.34. The van der Waals surface area contributed by atoms with Crippen LogP contribution in [0.4, 0.5) is 0 Å². The average Bonchev–Trinajstić information content (AvgIpc) is 3.08. The second-order valence-corrected chi connectivity index (χ2v) is 7.65. The number of aromatic nitrogens is 2. The first-order chi connectivity index (χ1) is 13.5. The summed E-state index contributed by atoms with van der Waals surface area (Å²) >= 11 is 0. The summed E-state index contributed by atoms with van der Waals surface area (Å²) in [4.78, 5) is 17.3. The average molecular weight is 380 g/mol. The molecule has 0 spiro atoms. The Morgan fingerprint density at radius 2 is 2.04 bits per heavy atom. The molecule has 0 radical (unpaired) electrons. The number of hydrogen-bond acceptors (Lipinski definition) is 3. The summed E-state index contributed by atoms with van der Waals surface area (Å²) in [6.07, 6.45) is 5.21. The van der Waals surface area contributed by atoms with E-state index in [1.165, 1.54) is 0 Å². The van der Waals surface area contributed by atoms with Crippen LogP contribution in [-0.2, 0) is 4.79 Å². The maximum Gasteiger partial charge on any atom is 0.221 e. The number of rotatable bonds is 8. The molecule has 0 bridgehead atoms. The van der Waals surface area contributed by atoms with Crippen LogP contribution < -0.4 is 10.1 Å². The van der Waals surface area contributed by atoms with Crippen LogP contribution in [-0.4, -0.2) is 28.9 Å². The van der Waals surface area contributed by atoms with Crippen LogP contribution in [0.2, 0.25) is 0 Å². The fourth-order valence-electron chi connectivity index (χ4n) is 3.45. The summed E-state index contributed by atoms with van der Waals surface area (Å²) in [5.41, 5.74) is 4.02. The Kier molecular flexibility index (Phi) is 6.34. The van der Waals surface area contributed by atoms with Gasteiger partial charge in [-0.25, -0.2) is 4.98 Å². The number of benzene rings is 1. The number of fused-ring (bicyclic) bond motifs is 1. The number of nitrogens with one attached hydrogen (secondary N) is 1. The van der Waals surface area contributed by atoms with Crippen LogP contribution in [0.25, 0.3) is 5.65 Å². The first-order valence-corrected chi connectivity index (χ1v) is 9.82. The molecule has 0 saturated heterocycles. The number of para-hydroxylation sites is 1. The van der Waals surface area contributed by atoms with Gasteiger partial charge >= 0.3 is 0 Å². The molecule has 148 valence electrons. The van der Waals surface area contributed by atoms with E-state index in [4.69, 9.17) is 4.74 Å². The molecule has 3 rings (SSSR count). The van der Waals surface area contributed by atoms with Crippen molar-refractivity contribution in [3.63, 3.8) is 0 Å². The standard InChI is InChI=1S/C23H29N3O2/c1-16(2)9-11-24-23(27)14-19(18-7-5-6-8-21(18)28-4)20-15-25-22-13-17(3)10-12-26(20)22/h5-8,10,12-13,15-16,19H,9,11,14H2,1-4H3,(H,24,27). The fourth-order valence-corrected chi connectivity index (χ4v) is 3.45. The molecule has 5 nitrogen and oxygen atoms in total. The molecule has 2 heterocycles. The number of carbonyl (C=O) groups excluding carboxylic acids is 1. The van der Waals surface area contributed by atoms with E-state index in [2.05, 4.69) is 34.6 Å². The number of nitrogens with zero attached hydrogens (tertiary/aromatic N) is 2. The van der Waals surface area contributed by atoms with Gasteiger partial charge in [0.25, 0.3) is 0 Å². The molecule has 1 amide bonds. The minimum atomic E-state index is -0.145. The zero-order valence-electron chi connectivity index (χ0n) is 17.1. The van der Waals surface area contributed by atoms with Crippen molar-refractivity contribution in [2.75, 3.05) is 13.7 Å². The molecule has 0 aliphatic rings. The van der Waals surface area contributed by atoms with Crippen molar-refractivity contribution >= 4 is 11.6 Å². The van der Waals surface area contributed by atoms with Crippen LogP contribution in [0.15, 0.2) is 48.8 Å². The Morgan fingerprint density at radius 1 is 1.25 bits per heavy atom. The van der Waals surface area contributed by atoms with Gasteiger partial charge in [0, 0.05) is 36.8 Å². The van der Waals surface area contributed by atoms with E-state index in [-0.39, 0.29) is 11.8 Å². The smallest absolute Gasteiger partial charge is 0.221 e. The zero-order valence-corrected chi connectivity index (χ0v) is 17.1. The highest BCUT2D eigenvalue weighted by atomic mass is 16.5. The van der Waals surface area contributed by atoms with E-state index in [0.717, 1.165) is 34.6 Å². The lowest BCUT2D eigenvalue weighted by Gasteiger charge is -2.20. The van der Waals surface area contributed by atoms with Crippen LogP contribution in [0.3, 0.4) is 0 Å². The fraction of sp³-hybridized carbons (Fsp3) is 0.391. The SMILES string of the molecule is COc1ccccc1C(CC(=O)NCCC(C)C)c1cnc2cc(C)ccn12. The third-order valence-corrected chi connectivity index (χ3v) is 5.00. The van der Waals surface area contributed by atoms with Gasteiger partial charge in [0.05, 0.1) is 12.8 Å². The maximum absolute atomic E-state index is 12.7. The van der Waals surface area contributed by atoms with Gasteiger partial charge < -0.3 is 14.5 Å². The van der Waals surface area contributed by atoms with E-state index in [9.17, 15) is 4.79 Å². The number of carbonyl (C=O) groups is 1.